The van der Waals surface area contributed by atoms with Gasteiger partial charge in [-0.2, -0.15) is 5.26 Å². The van der Waals surface area contributed by atoms with E-state index >= 15 is 0 Å². The maximum atomic E-state index is 12.3. The zero-order valence-corrected chi connectivity index (χ0v) is 23.6. The number of nitriles is 1. The monoisotopic (exact) mass is 539 g/mol. The maximum Gasteiger partial charge on any atom is 0.247 e. The van der Waals surface area contributed by atoms with Crippen LogP contribution in [-0.2, 0) is 4.79 Å². The lowest BCUT2D eigenvalue weighted by molar-refractivity contribution is -0.111. The molecule has 1 aliphatic rings. The largest absolute Gasteiger partial charge is 0.489 e. The molecular weight excluding hydrogens is 502 g/mol. The zero-order valence-electron chi connectivity index (χ0n) is 23.6. The van der Waals surface area contributed by atoms with Crippen molar-refractivity contribution in [3.8, 4) is 11.8 Å². The Morgan fingerprint density at radius 2 is 1.85 bits per heavy atom. The SMILES string of the molecule is C=CC(=O)Nc1cc(N2CCC(N(C)C)CC2)ccc1Nc1cc(Nc2ccccc2OC(C)C)c(C#N)cn1. The summed E-state index contributed by atoms with van der Waals surface area (Å²) in [5.41, 5.74) is 4.05. The lowest BCUT2D eigenvalue weighted by Crippen LogP contribution is -2.42. The van der Waals surface area contributed by atoms with Crippen LogP contribution in [0.4, 0.5) is 34.3 Å². The highest BCUT2D eigenvalue weighted by Crippen LogP contribution is 2.34. The van der Waals surface area contributed by atoms with Crippen molar-refractivity contribution in [2.24, 2.45) is 0 Å². The van der Waals surface area contributed by atoms with Gasteiger partial charge in [-0.05, 0) is 77.2 Å². The molecule has 0 spiro atoms. The van der Waals surface area contributed by atoms with Crippen molar-refractivity contribution in [1.29, 1.82) is 5.26 Å². The fourth-order valence-electron chi connectivity index (χ4n) is 4.69. The molecule has 1 aliphatic heterocycles. The minimum atomic E-state index is -0.302. The van der Waals surface area contributed by atoms with Gasteiger partial charge >= 0.3 is 0 Å². The van der Waals surface area contributed by atoms with Crippen LogP contribution in [0.1, 0.15) is 32.3 Å². The Morgan fingerprint density at radius 3 is 2.52 bits per heavy atom. The van der Waals surface area contributed by atoms with E-state index in [1.54, 1.807) is 6.07 Å². The summed E-state index contributed by atoms with van der Waals surface area (Å²) in [6.45, 7) is 9.41. The zero-order chi connectivity index (χ0) is 28.6. The summed E-state index contributed by atoms with van der Waals surface area (Å²) in [6.07, 6.45) is 4.92. The van der Waals surface area contributed by atoms with Crippen molar-refractivity contribution in [2.45, 2.75) is 38.8 Å². The van der Waals surface area contributed by atoms with E-state index in [0.29, 0.717) is 40.2 Å². The molecule has 2 heterocycles. The van der Waals surface area contributed by atoms with E-state index < -0.39 is 0 Å². The number of carbonyl (C=O) groups excluding carboxylic acids is 1. The normalized spacial score (nSPS) is 13.6. The molecule has 9 heteroatoms. The molecule has 0 radical (unpaired) electrons. The Labute approximate surface area is 236 Å². The molecule has 1 aromatic heterocycles. The van der Waals surface area contributed by atoms with E-state index in [0.717, 1.165) is 37.3 Å². The third kappa shape index (κ3) is 7.10. The molecule has 0 atom stereocenters. The first kappa shape index (κ1) is 28.5. The Kier molecular flexibility index (Phi) is 9.25. The molecule has 208 valence electrons. The van der Waals surface area contributed by atoms with Gasteiger partial charge in [0.15, 0.2) is 0 Å². The number of carbonyl (C=O) groups is 1. The van der Waals surface area contributed by atoms with Crippen LogP contribution in [0.15, 0.2) is 67.4 Å². The van der Waals surface area contributed by atoms with Crippen LogP contribution in [0.5, 0.6) is 5.75 Å². The van der Waals surface area contributed by atoms with Crippen molar-refractivity contribution in [3.63, 3.8) is 0 Å². The Bertz CT molecular complexity index is 1390. The second kappa shape index (κ2) is 13.0. The molecular formula is C31H37N7O2. The second-order valence-electron chi connectivity index (χ2n) is 10.2. The average Bonchev–Trinajstić information content (AvgIpc) is 2.95. The van der Waals surface area contributed by atoms with E-state index in [1.165, 1.54) is 12.3 Å². The molecule has 3 aromatic rings. The number of nitrogens with one attached hydrogen (secondary N) is 3. The summed E-state index contributed by atoms with van der Waals surface area (Å²) in [6, 6.07) is 18.1. The molecule has 40 heavy (non-hydrogen) atoms. The predicted molar refractivity (Wildman–Crippen MR) is 162 cm³/mol. The minimum Gasteiger partial charge on any atom is -0.489 e. The van der Waals surface area contributed by atoms with E-state index in [9.17, 15) is 10.1 Å². The van der Waals surface area contributed by atoms with Crippen LogP contribution in [0.2, 0.25) is 0 Å². The summed E-state index contributed by atoms with van der Waals surface area (Å²) in [4.78, 5) is 21.4. The fraction of sp³-hybridized carbons (Fsp3) is 0.323. The number of anilines is 6. The van der Waals surface area contributed by atoms with E-state index in [1.807, 2.05) is 56.3 Å². The van der Waals surface area contributed by atoms with Crippen LogP contribution in [0.25, 0.3) is 0 Å². The molecule has 0 unspecified atom stereocenters. The third-order valence-corrected chi connectivity index (χ3v) is 6.81. The highest BCUT2D eigenvalue weighted by Gasteiger charge is 2.22. The van der Waals surface area contributed by atoms with Crippen molar-refractivity contribution in [1.82, 2.24) is 9.88 Å². The lowest BCUT2D eigenvalue weighted by atomic mass is 10.0. The number of benzene rings is 2. The van der Waals surface area contributed by atoms with Gasteiger partial charge in [0.05, 0.1) is 34.4 Å². The number of nitrogens with zero attached hydrogens (tertiary/aromatic N) is 4. The molecule has 1 amide bonds. The first-order chi connectivity index (χ1) is 19.3. The van der Waals surface area contributed by atoms with Gasteiger partial charge in [-0.25, -0.2) is 4.98 Å². The number of aromatic nitrogens is 1. The number of rotatable bonds is 10. The molecule has 1 fully saturated rings. The molecule has 2 aromatic carbocycles. The molecule has 9 nitrogen and oxygen atoms in total. The van der Waals surface area contributed by atoms with E-state index in [4.69, 9.17) is 4.74 Å². The van der Waals surface area contributed by atoms with Crippen molar-refractivity contribution >= 4 is 40.2 Å². The summed E-state index contributed by atoms with van der Waals surface area (Å²) in [5, 5.41) is 19.3. The molecule has 0 saturated carbocycles. The van der Waals surface area contributed by atoms with Crippen molar-refractivity contribution < 1.29 is 9.53 Å². The maximum absolute atomic E-state index is 12.3. The predicted octanol–water partition coefficient (Wildman–Crippen LogP) is 5.88. The fourth-order valence-corrected chi connectivity index (χ4v) is 4.69. The Hall–Kier alpha value is -4.55. The first-order valence-electron chi connectivity index (χ1n) is 13.5. The molecule has 4 rings (SSSR count). The van der Waals surface area contributed by atoms with Gasteiger partial charge in [0.2, 0.25) is 5.91 Å². The number of amides is 1. The first-order valence-corrected chi connectivity index (χ1v) is 13.5. The van der Waals surface area contributed by atoms with Crippen molar-refractivity contribution in [2.75, 3.05) is 48.0 Å². The highest BCUT2D eigenvalue weighted by molar-refractivity contribution is 6.02. The Morgan fingerprint density at radius 1 is 1.10 bits per heavy atom. The van der Waals surface area contributed by atoms with Gasteiger partial charge in [-0.3, -0.25) is 4.79 Å². The standard InChI is InChI=1S/C31H37N7O2/c1-6-31(39)36-28-17-24(38-15-13-23(14-16-38)37(4)5)11-12-25(28)35-30-18-27(22(19-32)20-33-30)34-26-9-7-8-10-29(26)40-21(2)3/h6-12,17-18,20-21,23H,1,13-16H2,2-5H3,(H,36,39)(H2,33,34,35). The van der Waals surface area contributed by atoms with Gasteiger partial charge in [-0.15, -0.1) is 0 Å². The van der Waals surface area contributed by atoms with Crippen LogP contribution in [0, 0.1) is 11.3 Å². The number of ether oxygens (including phenoxy) is 1. The number of hydrogen-bond donors (Lipinski definition) is 3. The third-order valence-electron chi connectivity index (χ3n) is 6.81. The van der Waals surface area contributed by atoms with Gasteiger partial charge in [0.25, 0.3) is 0 Å². The highest BCUT2D eigenvalue weighted by atomic mass is 16.5. The van der Waals surface area contributed by atoms with E-state index in [-0.39, 0.29) is 12.0 Å². The van der Waals surface area contributed by atoms with Crippen LogP contribution in [0.3, 0.4) is 0 Å². The van der Waals surface area contributed by atoms with Crippen LogP contribution >= 0.6 is 0 Å². The molecule has 3 N–H and O–H groups in total. The molecule has 0 aliphatic carbocycles. The summed E-state index contributed by atoms with van der Waals surface area (Å²) in [7, 11) is 4.25. The number of para-hydroxylation sites is 2. The number of hydrogen-bond acceptors (Lipinski definition) is 8. The summed E-state index contributed by atoms with van der Waals surface area (Å²) >= 11 is 0. The van der Waals surface area contributed by atoms with Crippen LogP contribution < -0.4 is 25.6 Å². The van der Waals surface area contributed by atoms with E-state index in [2.05, 4.69) is 57.5 Å². The van der Waals surface area contributed by atoms with Gasteiger partial charge in [0.1, 0.15) is 17.6 Å². The van der Waals surface area contributed by atoms with Crippen molar-refractivity contribution in [3.05, 3.63) is 72.9 Å². The number of pyridine rings is 1. The molecule has 0 bridgehead atoms. The van der Waals surface area contributed by atoms with Gasteiger partial charge < -0.3 is 30.5 Å². The molecule has 1 saturated heterocycles. The smallest absolute Gasteiger partial charge is 0.247 e. The quantitative estimate of drug-likeness (QED) is 0.274. The lowest BCUT2D eigenvalue weighted by Gasteiger charge is -2.36. The second-order valence-corrected chi connectivity index (χ2v) is 10.2. The van der Waals surface area contributed by atoms with Gasteiger partial charge in [0, 0.05) is 37.1 Å². The number of piperidine rings is 1. The Balaban J connectivity index is 1.60. The summed E-state index contributed by atoms with van der Waals surface area (Å²) < 4.78 is 5.93. The average molecular weight is 540 g/mol. The van der Waals surface area contributed by atoms with Gasteiger partial charge in [-0.1, -0.05) is 18.7 Å². The topological polar surface area (TPSA) is 106 Å². The minimum absolute atomic E-state index is 0.000396. The van der Waals surface area contributed by atoms with Crippen LogP contribution in [-0.4, -0.2) is 55.1 Å². The summed E-state index contributed by atoms with van der Waals surface area (Å²) in [5.74, 6) is 0.896.